The monoisotopic (exact) mass is 274 g/mol. The average molecular weight is 274 g/mol. The third-order valence-corrected chi connectivity index (χ3v) is 4.07. The zero-order chi connectivity index (χ0) is 14.1. The number of fused-ring (bicyclic) bond motifs is 1. The standard InChI is InChI=1S/C14H18N4O2/c1-17-7-3-2-4-11(17)9-18-13-8-10(14(19)20)5-6-12(13)15-16-18/h5-6,8,11H,2-4,7,9H2,1H3,(H,19,20). The molecule has 1 fully saturated rings. The topological polar surface area (TPSA) is 71.2 Å². The van der Waals surface area contributed by atoms with Crippen LogP contribution >= 0.6 is 0 Å². The van der Waals surface area contributed by atoms with Crippen molar-refractivity contribution in [1.82, 2.24) is 19.9 Å². The van der Waals surface area contributed by atoms with Crippen LogP contribution in [-0.4, -0.2) is 50.6 Å². The minimum atomic E-state index is -0.922. The van der Waals surface area contributed by atoms with E-state index in [1.807, 2.05) is 4.68 Å². The minimum Gasteiger partial charge on any atom is -0.478 e. The van der Waals surface area contributed by atoms with E-state index in [9.17, 15) is 4.79 Å². The summed E-state index contributed by atoms with van der Waals surface area (Å²) in [6.07, 6.45) is 3.63. The van der Waals surface area contributed by atoms with Crippen LogP contribution in [0.3, 0.4) is 0 Å². The summed E-state index contributed by atoms with van der Waals surface area (Å²) < 4.78 is 1.83. The van der Waals surface area contributed by atoms with Crippen LogP contribution in [0.4, 0.5) is 0 Å². The van der Waals surface area contributed by atoms with Crippen molar-refractivity contribution in [1.29, 1.82) is 0 Å². The molecule has 0 radical (unpaired) electrons. The molecule has 1 aliphatic rings. The van der Waals surface area contributed by atoms with E-state index in [0.717, 1.165) is 30.5 Å². The van der Waals surface area contributed by atoms with Gasteiger partial charge in [0.2, 0.25) is 0 Å². The Morgan fingerprint density at radius 2 is 2.30 bits per heavy atom. The number of aromatic carboxylic acids is 1. The Morgan fingerprint density at radius 1 is 1.45 bits per heavy atom. The molecule has 0 aliphatic carbocycles. The van der Waals surface area contributed by atoms with Crippen molar-refractivity contribution in [3.63, 3.8) is 0 Å². The van der Waals surface area contributed by atoms with Gasteiger partial charge in [-0.05, 0) is 44.6 Å². The van der Waals surface area contributed by atoms with Crippen LogP contribution in [0.25, 0.3) is 11.0 Å². The molecule has 6 heteroatoms. The summed E-state index contributed by atoms with van der Waals surface area (Å²) in [5, 5.41) is 17.4. The zero-order valence-electron chi connectivity index (χ0n) is 11.5. The van der Waals surface area contributed by atoms with Crippen molar-refractivity contribution >= 4 is 17.0 Å². The molecule has 2 heterocycles. The predicted octanol–water partition coefficient (Wildman–Crippen LogP) is 1.61. The molecule has 1 N–H and O–H groups in total. The Morgan fingerprint density at radius 3 is 3.05 bits per heavy atom. The fourth-order valence-corrected chi connectivity index (χ4v) is 2.81. The van der Waals surface area contributed by atoms with E-state index in [1.54, 1.807) is 18.2 Å². The number of carboxylic acids is 1. The van der Waals surface area contributed by atoms with Crippen LogP contribution in [0.5, 0.6) is 0 Å². The summed E-state index contributed by atoms with van der Waals surface area (Å²) in [5.41, 5.74) is 1.82. The summed E-state index contributed by atoms with van der Waals surface area (Å²) in [5.74, 6) is -0.922. The number of aromatic nitrogens is 3. The molecule has 0 saturated carbocycles. The van der Waals surface area contributed by atoms with Crippen LogP contribution < -0.4 is 0 Å². The number of nitrogens with zero attached hydrogens (tertiary/aromatic N) is 4. The van der Waals surface area contributed by atoms with E-state index in [1.165, 1.54) is 12.8 Å². The zero-order valence-corrected chi connectivity index (χ0v) is 11.5. The molecule has 0 amide bonds. The summed E-state index contributed by atoms with van der Waals surface area (Å²) in [6, 6.07) is 5.38. The Labute approximate surface area is 117 Å². The number of likely N-dealkylation sites (tertiary alicyclic amines) is 1. The number of benzene rings is 1. The van der Waals surface area contributed by atoms with Crippen molar-refractivity contribution in [3.05, 3.63) is 23.8 Å². The Balaban J connectivity index is 1.90. The lowest BCUT2D eigenvalue weighted by atomic mass is 10.0. The lowest BCUT2D eigenvalue weighted by Crippen LogP contribution is -2.39. The van der Waals surface area contributed by atoms with Crippen LogP contribution in [0.2, 0.25) is 0 Å². The maximum Gasteiger partial charge on any atom is 0.335 e. The summed E-state index contributed by atoms with van der Waals surface area (Å²) >= 11 is 0. The average Bonchev–Trinajstić information content (AvgIpc) is 2.84. The van der Waals surface area contributed by atoms with Crippen molar-refractivity contribution < 1.29 is 9.90 Å². The van der Waals surface area contributed by atoms with Crippen molar-refractivity contribution in [2.45, 2.75) is 31.8 Å². The minimum absolute atomic E-state index is 0.276. The third kappa shape index (κ3) is 2.38. The Bertz CT molecular complexity index is 637. The predicted molar refractivity (Wildman–Crippen MR) is 74.8 cm³/mol. The number of hydrogen-bond acceptors (Lipinski definition) is 4. The van der Waals surface area contributed by atoms with E-state index < -0.39 is 5.97 Å². The molecule has 3 rings (SSSR count). The number of carboxylic acid groups (broad SMARTS) is 1. The van der Waals surface area contributed by atoms with E-state index in [-0.39, 0.29) is 5.56 Å². The van der Waals surface area contributed by atoms with E-state index in [4.69, 9.17) is 5.11 Å². The largest absolute Gasteiger partial charge is 0.478 e. The Hall–Kier alpha value is -1.95. The molecule has 1 unspecified atom stereocenters. The van der Waals surface area contributed by atoms with Gasteiger partial charge in [-0.1, -0.05) is 11.6 Å². The molecule has 1 atom stereocenters. The molecule has 0 bridgehead atoms. The summed E-state index contributed by atoms with van der Waals surface area (Å²) in [7, 11) is 2.13. The smallest absolute Gasteiger partial charge is 0.335 e. The quantitative estimate of drug-likeness (QED) is 0.920. The second kappa shape index (κ2) is 5.20. The first-order valence-electron chi connectivity index (χ1n) is 6.92. The second-order valence-corrected chi connectivity index (χ2v) is 5.41. The number of carbonyl (C=O) groups is 1. The van der Waals surface area contributed by atoms with E-state index >= 15 is 0 Å². The Kier molecular flexibility index (Phi) is 3.40. The lowest BCUT2D eigenvalue weighted by molar-refractivity contribution is 0.0697. The molecule has 1 aromatic heterocycles. The van der Waals surface area contributed by atoms with Gasteiger partial charge < -0.3 is 10.0 Å². The van der Waals surface area contributed by atoms with Gasteiger partial charge in [0.05, 0.1) is 17.6 Å². The fraction of sp³-hybridized carbons (Fsp3) is 0.500. The molecule has 0 spiro atoms. The second-order valence-electron chi connectivity index (χ2n) is 5.41. The van der Waals surface area contributed by atoms with Crippen LogP contribution in [0, 0.1) is 0 Å². The van der Waals surface area contributed by atoms with Crippen molar-refractivity contribution in [2.24, 2.45) is 0 Å². The molecule has 1 saturated heterocycles. The number of hydrogen-bond donors (Lipinski definition) is 1. The van der Waals surface area contributed by atoms with Gasteiger partial charge >= 0.3 is 5.97 Å². The molecule has 6 nitrogen and oxygen atoms in total. The molecule has 1 aliphatic heterocycles. The van der Waals surface area contributed by atoms with Gasteiger partial charge in [0.1, 0.15) is 5.52 Å². The molecule has 106 valence electrons. The van der Waals surface area contributed by atoms with Gasteiger partial charge in [-0.2, -0.15) is 0 Å². The van der Waals surface area contributed by atoms with Crippen LogP contribution in [0.1, 0.15) is 29.6 Å². The highest BCUT2D eigenvalue weighted by Crippen LogP contribution is 2.19. The maximum absolute atomic E-state index is 11.1. The van der Waals surface area contributed by atoms with Gasteiger partial charge in [-0.25, -0.2) is 9.48 Å². The molecule has 20 heavy (non-hydrogen) atoms. The molecular weight excluding hydrogens is 256 g/mol. The lowest BCUT2D eigenvalue weighted by Gasteiger charge is -2.32. The fourth-order valence-electron chi connectivity index (χ4n) is 2.81. The molecule has 1 aromatic carbocycles. The normalized spacial score (nSPS) is 20.4. The van der Waals surface area contributed by atoms with E-state index in [2.05, 4.69) is 22.3 Å². The number of likely N-dealkylation sites (N-methyl/N-ethyl adjacent to an activating group) is 1. The first-order valence-corrected chi connectivity index (χ1v) is 6.92. The van der Waals surface area contributed by atoms with Crippen LogP contribution in [0.15, 0.2) is 18.2 Å². The van der Waals surface area contributed by atoms with Gasteiger partial charge in [0.25, 0.3) is 0 Å². The van der Waals surface area contributed by atoms with Crippen molar-refractivity contribution in [2.75, 3.05) is 13.6 Å². The highest BCUT2D eigenvalue weighted by Gasteiger charge is 2.20. The first kappa shape index (κ1) is 13.1. The van der Waals surface area contributed by atoms with Crippen molar-refractivity contribution in [3.8, 4) is 0 Å². The van der Waals surface area contributed by atoms with E-state index in [0.29, 0.717) is 6.04 Å². The maximum atomic E-state index is 11.1. The highest BCUT2D eigenvalue weighted by molar-refractivity contribution is 5.92. The SMILES string of the molecule is CN1CCCCC1Cn1nnc2ccc(C(=O)O)cc21. The number of rotatable bonds is 3. The number of piperidine rings is 1. The van der Waals surface area contributed by atoms with Gasteiger partial charge in [-0.3, -0.25) is 0 Å². The molecule has 2 aromatic rings. The summed E-state index contributed by atoms with van der Waals surface area (Å²) in [6.45, 7) is 1.87. The van der Waals surface area contributed by atoms with Gasteiger partial charge in [0.15, 0.2) is 0 Å². The molecular formula is C14H18N4O2. The third-order valence-electron chi connectivity index (χ3n) is 4.07. The van der Waals surface area contributed by atoms with Gasteiger partial charge in [-0.15, -0.1) is 5.10 Å². The van der Waals surface area contributed by atoms with Gasteiger partial charge in [0, 0.05) is 6.04 Å². The van der Waals surface area contributed by atoms with Crippen LogP contribution in [-0.2, 0) is 6.54 Å². The highest BCUT2D eigenvalue weighted by atomic mass is 16.4. The first-order chi connectivity index (χ1) is 9.65. The summed E-state index contributed by atoms with van der Waals surface area (Å²) in [4.78, 5) is 13.4.